The number of amides is 1. The Balaban J connectivity index is 1.59. The third kappa shape index (κ3) is 4.53. The summed E-state index contributed by atoms with van der Waals surface area (Å²) in [6, 6.07) is 15.9. The summed E-state index contributed by atoms with van der Waals surface area (Å²) in [6.07, 6.45) is -1.07. The lowest BCUT2D eigenvalue weighted by atomic mass is 10.2. The number of sulfonamides is 1. The van der Waals surface area contributed by atoms with Crippen LogP contribution in [0.2, 0.25) is 0 Å². The number of benzene rings is 2. The van der Waals surface area contributed by atoms with Gasteiger partial charge in [-0.3, -0.25) is 4.90 Å². The maximum atomic E-state index is 12.2. The number of nitrogens with one attached hydrogen (secondary N) is 1. The number of carbonyl (C=O) groups excluding carboxylic acids is 1. The molecule has 2 aromatic carbocycles. The van der Waals surface area contributed by atoms with Gasteiger partial charge in [0.1, 0.15) is 11.9 Å². The third-order valence-corrected chi connectivity index (χ3v) is 5.29. The second-order valence-electron chi connectivity index (χ2n) is 5.91. The molecule has 1 unspecified atom stereocenters. The molecule has 138 valence electrons. The minimum absolute atomic E-state index is 0.0291. The highest BCUT2D eigenvalue weighted by Crippen LogP contribution is 2.25. The van der Waals surface area contributed by atoms with Crippen LogP contribution in [0.3, 0.4) is 0 Å². The number of cyclic esters (lactones) is 1. The molecule has 0 radical (unpaired) electrons. The van der Waals surface area contributed by atoms with E-state index in [0.29, 0.717) is 17.0 Å². The van der Waals surface area contributed by atoms with E-state index in [-0.39, 0.29) is 18.8 Å². The highest BCUT2D eigenvalue weighted by molar-refractivity contribution is 7.88. The van der Waals surface area contributed by atoms with Crippen LogP contribution in [0.4, 0.5) is 10.5 Å². The van der Waals surface area contributed by atoms with E-state index in [1.807, 2.05) is 6.07 Å². The molecular weight excluding hydrogens is 356 g/mol. The highest BCUT2D eigenvalue weighted by atomic mass is 32.2. The van der Waals surface area contributed by atoms with Gasteiger partial charge in [0, 0.05) is 12.6 Å². The number of anilines is 1. The van der Waals surface area contributed by atoms with Crippen LogP contribution in [0.5, 0.6) is 5.75 Å². The molecule has 0 bridgehead atoms. The lowest BCUT2D eigenvalue weighted by Crippen LogP contribution is -2.35. The molecule has 2 aromatic rings. The summed E-state index contributed by atoms with van der Waals surface area (Å²) in [5.74, 6) is 0.510. The molecule has 1 amide bonds. The number of ether oxygens (including phenoxy) is 2. The zero-order chi connectivity index (χ0) is 18.6. The van der Waals surface area contributed by atoms with Gasteiger partial charge < -0.3 is 9.47 Å². The predicted octanol–water partition coefficient (Wildman–Crippen LogP) is 2.14. The van der Waals surface area contributed by atoms with Crippen LogP contribution in [-0.2, 0) is 20.5 Å². The summed E-state index contributed by atoms with van der Waals surface area (Å²) >= 11 is 0. The molecule has 1 fully saturated rings. The fraction of sp³-hybridized carbons (Fsp3) is 0.278. The maximum absolute atomic E-state index is 12.2. The first-order valence-electron chi connectivity index (χ1n) is 8.10. The van der Waals surface area contributed by atoms with Crippen molar-refractivity contribution in [2.45, 2.75) is 11.9 Å². The molecule has 3 rings (SSSR count). The Morgan fingerprint density at radius 1 is 1.19 bits per heavy atom. The molecule has 1 aliphatic rings. The Morgan fingerprint density at radius 3 is 2.69 bits per heavy atom. The normalized spacial score (nSPS) is 17.2. The summed E-state index contributed by atoms with van der Waals surface area (Å²) in [5.41, 5.74) is 1.34. The van der Waals surface area contributed by atoms with Crippen molar-refractivity contribution in [1.29, 1.82) is 0 Å². The number of methoxy groups -OCH3 is 1. The van der Waals surface area contributed by atoms with E-state index in [0.717, 1.165) is 0 Å². The Morgan fingerprint density at radius 2 is 1.96 bits per heavy atom. The molecule has 0 spiro atoms. The van der Waals surface area contributed by atoms with E-state index in [1.54, 1.807) is 55.6 Å². The van der Waals surface area contributed by atoms with Gasteiger partial charge in [-0.2, -0.15) is 0 Å². The first-order chi connectivity index (χ1) is 12.5. The summed E-state index contributed by atoms with van der Waals surface area (Å²) < 4.78 is 37.3. The van der Waals surface area contributed by atoms with Crippen LogP contribution in [0.25, 0.3) is 0 Å². The van der Waals surface area contributed by atoms with Crippen molar-refractivity contribution in [3.63, 3.8) is 0 Å². The van der Waals surface area contributed by atoms with Crippen LogP contribution in [-0.4, -0.2) is 40.8 Å². The second-order valence-corrected chi connectivity index (χ2v) is 7.72. The van der Waals surface area contributed by atoms with Crippen LogP contribution in [0.15, 0.2) is 54.6 Å². The van der Waals surface area contributed by atoms with Gasteiger partial charge in [-0.15, -0.1) is 0 Å². The molecule has 0 saturated carbocycles. The fourth-order valence-electron chi connectivity index (χ4n) is 2.68. The molecular formula is C18H20N2O5S. The quantitative estimate of drug-likeness (QED) is 0.800. The fourth-order valence-corrected chi connectivity index (χ4v) is 3.85. The molecule has 8 heteroatoms. The molecule has 26 heavy (non-hydrogen) atoms. The van der Waals surface area contributed by atoms with Gasteiger partial charge >= 0.3 is 6.09 Å². The Kier molecular flexibility index (Phi) is 5.43. The van der Waals surface area contributed by atoms with Crippen molar-refractivity contribution in [3.05, 3.63) is 60.2 Å². The summed E-state index contributed by atoms with van der Waals surface area (Å²) in [5, 5.41) is 0. The SMILES string of the molecule is COc1cccc(N2CC(CNS(=O)(=O)Cc3ccccc3)OC2=O)c1. The van der Waals surface area contributed by atoms with Crippen LogP contribution in [0.1, 0.15) is 5.56 Å². The van der Waals surface area contributed by atoms with Crippen molar-refractivity contribution in [1.82, 2.24) is 4.72 Å². The number of nitrogens with zero attached hydrogens (tertiary/aromatic N) is 1. The molecule has 1 heterocycles. The van der Waals surface area contributed by atoms with Crippen molar-refractivity contribution in [2.24, 2.45) is 0 Å². The first kappa shape index (κ1) is 18.2. The predicted molar refractivity (Wildman–Crippen MR) is 97.7 cm³/mol. The van der Waals surface area contributed by atoms with Crippen molar-refractivity contribution >= 4 is 21.8 Å². The van der Waals surface area contributed by atoms with Crippen LogP contribution in [0, 0.1) is 0 Å². The summed E-state index contributed by atoms with van der Waals surface area (Å²) in [7, 11) is -1.96. The minimum Gasteiger partial charge on any atom is -0.497 e. The molecule has 1 aliphatic heterocycles. The summed E-state index contributed by atoms with van der Waals surface area (Å²) in [4.78, 5) is 13.5. The van der Waals surface area contributed by atoms with E-state index in [2.05, 4.69) is 4.72 Å². The molecule has 0 aliphatic carbocycles. The average molecular weight is 376 g/mol. The smallest absolute Gasteiger partial charge is 0.414 e. The standard InChI is InChI=1S/C18H20N2O5S/c1-24-16-9-5-8-15(10-16)20-12-17(25-18(20)21)11-19-26(22,23)13-14-6-3-2-4-7-14/h2-10,17,19H,11-13H2,1H3. The van der Waals surface area contributed by atoms with Crippen molar-refractivity contribution in [2.75, 3.05) is 25.1 Å². The topological polar surface area (TPSA) is 84.9 Å². The Bertz CT molecular complexity index is 870. The average Bonchev–Trinajstić information content (AvgIpc) is 3.01. The largest absolute Gasteiger partial charge is 0.497 e. The number of hydrogen-bond acceptors (Lipinski definition) is 5. The molecule has 1 atom stereocenters. The lowest BCUT2D eigenvalue weighted by Gasteiger charge is -2.14. The van der Waals surface area contributed by atoms with Crippen molar-refractivity contribution in [3.8, 4) is 5.75 Å². The van der Waals surface area contributed by atoms with E-state index in [9.17, 15) is 13.2 Å². The monoisotopic (exact) mass is 376 g/mol. The van der Waals surface area contributed by atoms with Gasteiger partial charge in [0.05, 0.1) is 25.1 Å². The maximum Gasteiger partial charge on any atom is 0.414 e. The lowest BCUT2D eigenvalue weighted by molar-refractivity contribution is 0.143. The van der Waals surface area contributed by atoms with Gasteiger partial charge in [-0.25, -0.2) is 17.9 Å². The van der Waals surface area contributed by atoms with Crippen molar-refractivity contribution < 1.29 is 22.7 Å². The van der Waals surface area contributed by atoms with Gasteiger partial charge in [0.2, 0.25) is 10.0 Å². The summed E-state index contributed by atoms with van der Waals surface area (Å²) in [6.45, 7) is 0.293. The van der Waals surface area contributed by atoms with E-state index >= 15 is 0 Å². The first-order valence-corrected chi connectivity index (χ1v) is 9.75. The molecule has 1 N–H and O–H groups in total. The highest BCUT2D eigenvalue weighted by Gasteiger charge is 2.33. The van der Waals surface area contributed by atoms with E-state index in [4.69, 9.17) is 9.47 Å². The van der Waals surface area contributed by atoms with Crippen LogP contribution < -0.4 is 14.4 Å². The van der Waals surface area contributed by atoms with Gasteiger partial charge in [0.15, 0.2) is 0 Å². The Labute approximate surface area is 152 Å². The molecule has 1 saturated heterocycles. The zero-order valence-electron chi connectivity index (χ0n) is 14.3. The number of carbonyl (C=O) groups is 1. The molecule has 0 aromatic heterocycles. The number of rotatable bonds is 7. The van der Waals surface area contributed by atoms with E-state index < -0.39 is 22.2 Å². The Hall–Kier alpha value is -2.58. The number of hydrogen-bond donors (Lipinski definition) is 1. The van der Waals surface area contributed by atoms with Gasteiger partial charge in [-0.1, -0.05) is 36.4 Å². The molecule has 7 nitrogen and oxygen atoms in total. The van der Waals surface area contributed by atoms with E-state index in [1.165, 1.54) is 4.90 Å². The minimum atomic E-state index is -3.51. The van der Waals surface area contributed by atoms with Gasteiger partial charge in [0.25, 0.3) is 0 Å². The third-order valence-electron chi connectivity index (χ3n) is 3.97. The second kappa shape index (κ2) is 7.76. The van der Waals surface area contributed by atoms with Crippen LogP contribution >= 0.6 is 0 Å². The zero-order valence-corrected chi connectivity index (χ0v) is 15.1. The van der Waals surface area contributed by atoms with Gasteiger partial charge in [-0.05, 0) is 17.7 Å².